The lowest BCUT2D eigenvalue weighted by Gasteiger charge is -2.36. The van der Waals surface area contributed by atoms with Gasteiger partial charge in [0.25, 0.3) is 5.91 Å². The minimum atomic E-state index is -4.42. The summed E-state index contributed by atoms with van der Waals surface area (Å²) in [6, 6.07) is 1.96. The summed E-state index contributed by atoms with van der Waals surface area (Å²) in [5.74, 6) is -1.66. The first-order valence-electron chi connectivity index (χ1n) is 10.1. The average Bonchev–Trinajstić information content (AvgIpc) is 3.06. The molecule has 2 saturated carbocycles. The standard InChI is InChI=1S/C19H25Cl2N3O7S2/c1-18(2)11-5-6-19(18,16(25)7-11)10-32(28,29)22-9-14(17(26)23-27)24-33(30,31)15-8-12(20)3-4-13(15)21/h3-4,8,11,14,22,24,27H,5-7,9-10H2,1-2H3,(H,23,26). The van der Waals surface area contributed by atoms with Gasteiger partial charge in [-0.3, -0.25) is 14.8 Å². The molecule has 2 aliphatic carbocycles. The van der Waals surface area contributed by atoms with Gasteiger partial charge < -0.3 is 0 Å². The highest BCUT2D eigenvalue weighted by molar-refractivity contribution is 7.90. The summed E-state index contributed by atoms with van der Waals surface area (Å²) in [5, 5.41) is 8.91. The molecule has 0 aliphatic heterocycles. The number of hydrogen-bond donors (Lipinski definition) is 4. The molecule has 0 spiro atoms. The Morgan fingerprint density at radius 2 is 1.91 bits per heavy atom. The number of hydrogen-bond acceptors (Lipinski definition) is 7. The normalized spacial score (nSPS) is 25.2. The number of carbonyl (C=O) groups excluding carboxylic acids is 2. The Morgan fingerprint density at radius 3 is 2.45 bits per heavy atom. The van der Waals surface area contributed by atoms with Crippen LogP contribution in [0.5, 0.6) is 0 Å². The zero-order valence-corrected chi connectivity index (χ0v) is 21.0. The van der Waals surface area contributed by atoms with E-state index in [-0.39, 0.29) is 21.7 Å². The van der Waals surface area contributed by atoms with E-state index in [9.17, 15) is 26.4 Å². The van der Waals surface area contributed by atoms with Crippen LogP contribution in [0.2, 0.25) is 10.0 Å². The summed E-state index contributed by atoms with van der Waals surface area (Å²) < 4.78 is 55.4. The highest BCUT2D eigenvalue weighted by Gasteiger charge is 2.65. The van der Waals surface area contributed by atoms with Crippen LogP contribution in [-0.4, -0.2) is 52.1 Å². The lowest BCUT2D eigenvalue weighted by Crippen LogP contribution is -2.53. The number of rotatable bonds is 9. The van der Waals surface area contributed by atoms with E-state index >= 15 is 0 Å². The summed E-state index contributed by atoms with van der Waals surface area (Å²) in [6.07, 6.45) is 1.53. The Hall–Kier alpha value is -1.28. The highest BCUT2D eigenvalue weighted by atomic mass is 35.5. The summed E-state index contributed by atoms with van der Waals surface area (Å²) in [7, 11) is -8.52. The third-order valence-corrected chi connectivity index (χ3v) is 10.7. The highest BCUT2D eigenvalue weighted by Crippen LogP contribution is 2.64. The van der Waals surface area contributed by atoms with Crippen LogP contribution in [0.25, 0.3) is 0 Å². The van der Waals surface area contributed by atoms with Crippen molar-refractivity contribution in [1.29, 1.82) is 0 Å². The number of carbonyl (C=O) groups is 2. The van der Waals surface area contributed by atoms with Crippen molar-refractivity contribution in [3.8, 4) is 0 Å². The maximum atomic E-state index is 12.9. The summed E-state index contributed by atoms with van der Waals surface area (Å²) in [4.78, 5) is 24.3. The van der Waals surface area contributed by atoms with Crippen molar-refractivity contribution < 1.29 is 31.6 Å². The molecule has 3 atom stereocenters. The number of fused-ring (bicyclic) bond motifs is 2. The molecule has 4 N–H and O–H groups in total. The molecule has 0 aromatic heterocycles. The van der Waals surface area contributed by atoms with Crippen LogP contribution in [0.15, 0.2) is 23.1 Å². The van der Waals surface area contributed by atoms with Crippen LogP contribution >= 0.6 is 23.2 Å². The van der Waals surface area contributed by atoms with Gasteiger partial charge in [-0.1, -0.05) is 37.0 Å². The van der Waals surface area contributed by atoms with E-state index in [4.69, 9.17) is 28.4 Å². The van der Waals surface area contributed by atoms with Crippen molar-refractivity contribution in [2.75, 3.05) is 12.3 Å². The van der Waals surface area contributed by atoms with Crippen molar-refractivity contribution in [3.05, 3.63) is 28.2 Å². The number of hydroxylamine groups is 1. The summed E-state index contributed by atoms with van der Waals surface area (Å²) >= 11 is 11.8. The van der Waals surface area contributed by atoms with Crippen molar-refractivity contribution in [2.45, 2.75) is 44.0 Å². The van der Waals surface area contributed by atoms with Gasteiger partial charge in [0.2, 0.25) is 20.0 Å². The Balaban J connectivity index is 1.78. The fraction of sp³-hybridized carbons (Fsp3) is 0.579. The lowest BCUT2D eigenvalue weighted by molar-refractivity contribution is -0.130. The summed E-state index contributed by atoms with van der Waals surface area (Å²) in [5.41, 5.74) is -0.224. The third kappa shape index (κ3) is 4.93. The van der Waals surface area contributed by atoms with E-state index in [2.05, 4.69) is 4.72 Å². The van der Waals surface area contributed by atoms with Crippen LogP contribution in [0, 0.1) is 16.7 Å². The molecule has 184 valence electrons. The molecular weight excluding hydrogens is 517 g/mol. The minimum absolute atomic E-state index is 0.0709. The molecule has 3 unspecified atom stereocenters. The fourth-order valence-electron chi connectivity index (χ4n) is 4.89. The van der Waals surface area contributed by atoms with Gasteiger partial charge in [0.15, 0.2) is 0 Å². The molecule has 1 aromatic carbocycles. The molecule has 2 fully saturated rings. The molecule has 0 heterocycles. The zero-order valence-electron chi connectivity index (χ0n) is 17.9. The van der Waals surface area contributed by atoms with Crippen LogP contribution in [-0.2, 0) is 29.6 Å². The fourth-order valence-corrected chi connectivity index (χ4v) is 8.70. The number of halogens is 2. The molecule has 2 bridgehead atoms. The molecule has 33 heavy (non-hydrogen) atoms. The maximum absolute atomic E-state index is 12.9. The maximum Gasteiger partial charge on any atom is 0.262 e. The van der Waals surface area contributed by atoms with Crippen molar-refractivity contribution in [3.63, 3.8) is 0 Å². The Bertz CT molecular complexity index is 1190. The van der Waals surface area contributed by atoms with Gasteiger partial charge in [0.05, 0.1) is 10.8 Å². The van der Waals surface area contributed by atoms with E-state index in [1.54, 1.807) is 0 Å². The van der Waals surface area contributed by atoms with E-state index < -0.39 is 60.0 Å². The number of benzene rings is 1. The lowest BCUT2D eigenvalue weighted by atomic mass is 9.70. The van der Waals surface area contributed by atoms with E-state index in [0.717, 1.165) is 12.5 Å². The first-order chi connectivity index (χ1) is 15.1. The van der Waals surface area contributed by atoms with E-state index in [1.165, 1.54) is 17.6 Å². The number of sulfonamides is 2. The smallest absolute Gasteiger partial charge is 0.262 e. The molecule has 0 radical (unpaired) electrons. The predicted molar refractivity (Wildman–Crippen MR) is 121 cm³/mol. The first kappa shape index (κ1) is 26.3. The molecule has 3 rings (SSSR count). The van der Waals surface area contributed by atoms with Crippen LogP contribution in [0.3, 0.4) is 0 Å². The number of amides is 1. The molecule has 10 nitrogen and oxygen atoms in total. The van der Waals surface area contributed by atoms with Gasteiger partial charge in [0.1, 0.15) is 16.7 Å². The van der Waals surface area contributed by atoms with Gasteiger partial charge >= 0.3 is 0 Å². The molecule has 14 heteroatoms. The molecule has 1 amide bonds. The monoisotopic (exact) mass is 541 g/mol. The van der Waals surface area contributed by atoms with Gasteiger partial charge in [-0.25, -0.2) is 27.0 Å². The number of ketones is 1. The minimum Gasteiger partial charge on any atom is -0.299 e. The second kappa shape index (κ2) is 9.06. The molecular formula is C19H25Cl2N3O7S2. The van der Waals surface area contributed by atoms with Gasteiger partial charge in [-0.15, -0.1) is 0 Å². The second-order valence-electron chi connectivity index (χ2n) is 9.00. The Kier molecular flexibility index (Phi) is 7.23. The Morgan fingerprint density at radius 1 is 1.24 bits per heavy atom. The Labute approximate surface area is 202 Å². The van der Waals surface area contributed by atoms with Gasteiger partial charge in [0, 0.05) is 23.4 Å². The average molecular weight is 542 g/mol. The topological polar surface area (TPSA) is 159 Å². The molecule has 2 aliphatic rings. The van der Waals surface area contributed by atoms with Crippen LogP contribution in [0.4, 0.5) is 0 Å². The van der Waals surface area contributed by atoms with E-state index in [1.807, 2.05) is 18.6 Å². The summed E-state index contributed by atoms with van der Waals surface area (Å²) in [6.45, 7) is 3.06. The van der Waals surface area contributed by atoms with Crippen molar-refractivity contribution in [1.82, 2.24) is 14.9 Å². The third-order valence-electron chi connectivity index (χ3n) is 6.99. The largest absolute Gasteiger partial charge is 0.299 e. The predicted octanol–water partition coefficient (Wildman–Crippen LogP) is 1.46. The molecule has 1 aromatic rings. The van der Waals surface area contributed by atoms with E-state index in [0.29, 0.717) is 12.8 Å². The SMILES string of the molecule is CC1(C)C2CCC1(CS(=O)(=O)NCC(NS(=O)(=O)c1cc(Cl)ccc1Cl)C(=O)NO)C(=O)C2. The van der Waals surface area contributed by atoms with Crippen LogP contribution in [0.1, 0.15) is 33.1 Å². The first-order valence-corrected chi connectivity index (χ1v) is 14.0. The van der Waals surface area contributed by atoms with Crippen molar-refractivity contribution in [2.24, 2.45) is 16.7 Å². The second-order valence-corrected chi connectivity index (χ2v) is 13.3. The molecule has 0 saturated heterocycles. The zero-order chi connectivity index (χ0) is 24.8. The van der Waals surface area contributed by atoms with Crippen LogP contribution < -0.4 is 14.9 Å². The van der Waals surface area contributed by atoms with Crippen molar-refractivity contribution >= 4 is 54.9 Å². The number of Topliss-reactive ketones (excluding diaryl/α,β-unsaturated/α-hetero) is 1. The van der Waals surface area contributed by atoms with Gasteiger partial charge in [-0.05, 0) is 42.4 Å². The quantitative estimate of drug-likeness (QED) is 0.272. The van der Waals surface area contributed by atoms with Gasteiger partial charge in [-0.2, -0.15) is 4.72 Å². The number of nitrogens with one attached hydrogen (secondary N) is 3.